The Morgan fingerprint density at radius 2 is 1.85 bits per heavy atom. The molecule has 0 fully saturated rings. The Hall–Kier alpha value is -1.37. The quantitative estimate of drug-likeness (QED) is 0.842. The van der Waals surface area contributed by atoms with Crippen molar-refractivity contribution < 1.29 is 17.2 Å². The van der Waals surface area contributed by atoms with Crippen LogP contribution in [-0.2, 0) is 10.0 Å². The molecule has 4 nitrogen and oxygen atoms in total. The van der Waals surface area contributed by atoms with Gasteiger partial charge >= 0.3 is 0 Å². The van der Waals surface area contributed by atoms with E-state index in [-0.39, 0.29) is 0 Å². The smallest absolute Gasteiger partial charge is 0.254 e. The summed E-state index contributed by atoms with van der Waals surface area (Å²) in [6.45, 7) is 7.27. The summed E-state index contributed by atoms with van der Waals surface area (Å²) in [6.07, 6.45) is -2.89. The molecule has 0 amide bonds. The van der Waals surface area contributed by atoms with Gasteiger partial charge in [0.1, 0.15) is 5.75 Å². The van der Waals surface area contributed by atoms with Crippen LogP contribution in [0.15, 0.2) is 18.2 Å². The van der Waals surface area contributed by atoms with Crippen LogP contribution in [-0.4, -0.2) is 33.7 Å². The van der Waals surface area contributed by atoms with E-state index in [4.69, 9.17) is 0 Å². The van der Waals surface area contributed by atoms with E-state index in [1.807, 2.05) is 24.8 Å². The number of nitrogens with one attached hydrogen (secondary N) is 1. The Bertz CT molecular complexity index is 543. The van der Waals surface area contributed by atoms with E-state index in [1.54, 1.807) is 19.1 Å². The van der Waals surface area contributed by atoms with Crippen molar-refractivity contribution >= 4 is 21.4 Å². The lowest BCUT2D eigenvalue weighted by Crippen LogP contribution is -2.24. The molecule has 0 bridgehead atoms. The van der Waals surface area contributed by atoms with Crippen LogP contribution in [0, 0.1) is 6.92 Å². The molecule has 0 aliphatic heterocycles. The maximum Gasteiger partial charge on any atom is 0.254 e. The highest BCUT2D eigenvalue weighted by molar-refractivity contribution is 7.92. The topological polar surface area (TPSA) is 49.4 Å². The van der Waals surface area contributed by atoms with Crippen molar-refractivity contribution in [2.75, 3.05) is 28.5 Å². The highest BCUT2D eigenvalue weighted by atomic mass is 32.2. The number of hydrogen-bond donors (Lipinski definition) is 1. The van der Waals surface area contributed by atoms with Crippen LogP contribution < -0.4 is 9.62 Å². The molecular weight excluding hydrogens is 286 g/mol. The normalized spacial score (nSPS) is 11.7. The maximum absolute atomic E-state index is 12.2. The Labute approximate surface area is 118 Å². The third kappa shape index (κ3) is 4.63. The third-order valence-electron chi connectivity index (χ3n) is 2.96. The third-order valence-corrected chi connectivity index (χ3v) is 4.18. The van der Waals surface area contributed by atoms with Gasteiger partial charge in [-0.05, 0) is 38.5 Å². The number of nitrogens with zero attached hydrogens (tertiary/aromatic N) is 1. The second kappa shape index (κ2) is 6.88. The molecule has 1 aromatic carbocycles. The zero-order chi connectivity index (χ0) is 15.3. The SMILES string of the molecule is CCN(CC)c1ccc(C)c(NS(=O)(=O)CC(F)F)c1. The highest BCUT2D eigenvalue weighted by Crippen LogP contribution is 2.24. The van der Waals surface area contributed by atoms with Gasteiger partial charge < -0.3 is 4.90 Å². The number of anilines is 2. The molecule has 0 radical (unpaired) electrons. The standard InChI is InChI=1S/C13H20F2N2O2S/c1-4-17(5-2)11-7-6-10(3)12(8-11)16-20(18,19)9-13(14)15/h6-8,13,16H,4-5,9H2,1-3H3. The predicted molar refractivity (Wildman–Crippen MR) is 78.2 cm³/mol. The molecule has 0 saturated heterocycles. The molecule has 114 valence electrons. The van der Waals surface area contributed by atoms with Crippen molar-refractivity contribution in [1.29, 1.82) is 0 Å². The summed E-state index contributed by atoms with van der Waals surface area (Å²) in [5.74, 6) is -1.19. The number of hydrogen-bond acceptors (Lipinski definition) is 3. The van der Waals surface area contributed by atoms with Gasteiger partial charge in [-0.3, -0.25) is 4.72 Å². The largest absolute Gasteiger partial charge is 0.372 e. The Balaban J connectivity index is 3.03. The van der Waals surface area contributed by atoms with Crippen molar-refractivity contribution in [2.24, 2.45) is 0 Å². The predicted octanol–water partition coefficient (Wildman–Crippen LogP) is 2.85. The van der Waals surface area contributed by atoms with Crippen LogP contribution in [0.5, 0.6) is 0 Å². The number of aryl methyl sites for hydroxylation is 1. The van der Waals surface area contributed by atoms with E-state index in [0.29, 0.717) is 11.3 Å². The Kier molecular flexibility index (Phi) is 5.74. The number of rotatable bonds is 7. The molecule has 0 aliphatic carbocycles. The molecule has 1 aromatic rings. The summed E-state index contributed by atoms with van der Waals surface area (Å²) in [7, 11) is -4.03. The molecule has 7 heteroatoms. The summed E-state index contributed by atoms with van der Waals surface area (Å²) >= 11 is 0. The Morgan fingerprint density at radius 1 is 1.25 bits per heavy atom. The van der Waals surface area contributed by atoms with Gasteiger partial charge in [0.15, 0.2) is 0 Å². The van der Waals surface area contributed by atoms with Crippen molar-refractivity contribution in [2.45, 2.75) is 27.2 Å². The van der Waals surface area contributed by atoms with Gasteiger partial charge in [-0.25, -0.2) is 17.2 Å². The minimum absolute atomic E-state index is 0.343. The van der Waals surface area contributed by atoms with Gasteiger partial charge in [0.05, 0.1) is 5.69 Å². The van der Waals surface area contributed by atoms with Gasteiger partial charge in [-0.1, -0.05) is 6.07 Å². The highest BCUT2D eigenvalue weighted by Gasteiger charge is 2.19. The molecular formula is C13H20F2N2O2S. The molecule has 0 saturated carbocycles. The first kappa shape index (κ1) is 16.7. The van der Waals surface area contributed by atoms with Crippen LogP contribution in [0.4, 0.5) is 20.2 Å². The first-order chi connectivity index (χ1) is 9.29. The average molecular weight is 306 g/mol. The molecule has 0 spiro atoms. The fourth-order valence-electron chi connectivity index (χ4n) is 1.88. The number of halogens is 2. The van der Waals surface area contributed by atoms with Crippen LogP contribution in [0.2, 0.25) is 0 Å². The van der Waals surface area contributed by atoms with E-state index in [2.05, 4.69) is 4.72 Å². The minimum Gasteiger partial charge on any atom is -0.372 e. The number of benzene rings is 1. The van der Waals surface area contributed by atoms with Gasteiger partial charge in [0.2, 0.25) is 10.0 Å². The van der Waals surface area contributed by atoms with E-state index in [1.165, 1.54) is 0 Å². The zero-order valence-electron chi connectivity index (χ0n) is 11.9. The summed E-state index contributed by atoms with van der Waals surface area (Å²) in [4.78, 5) is 2.05. The summed E-state index contributed by atoms with van der Waals surface area (Å²) < 4.78 is 49.8. The van der Waals surface area contributed by atoms with E-state index >= 15 is 0 Å². The van der Waals surface area contributed by atoms with Crippen LogP contribution in [0.25, 0.3) is 0 Å². The number of sulfonamides is 1. The lowest BCUT2D eigenvalue weighted by molar-refractivity contribution is 0.174. The molecule has 0 atom stereocenters. The van der Waals surface area contributed by atoms with E-state index < -0.39 is 22.2 Å². The zero-order valence-corrected chi connectivity index (χ0v) is 12.7. The van der Waals surface area contributed by atoms with Crippen molar-refractivity contribution in [3.05, 3.63) is 23.8 Å². The molecule has 1 N–H and O–H groups in total. The fourth-order valence-corrected chi connectivity index (χ4v) is 2.85. The van der Waals surface area contributed by atoms with Gasteiger partial charge in [-0.2, -0.15) is 0 Å². The van der Waals surface area contributed by atoms with Crippen molar-refractivity contribution in [3.63, 3.8) is 0 Å². The molecule has 1 rings (SSSR count). The van der Waals surface area contributed by atoms with Crippen LogP contribution >= 0.6 is 0 Å². The van der Waals surface area contributed by atoms with Gasteiger partial charge in [0, 0.05) is 18.8 Å². The first-order valence-corrected chi connectivity index (χ1v) is 8.08. The van der Waals surface area contributed by atoms with Gasteiger partial charge in [0.25, 0.3) is 6.43 Å². The van der Waals surface area contributed by atoms with E-state index in [0.717, 1.165) is 18.8 Å². The van der Waals surface area contributed by atoms with Crippen LogP contribution in [0.3, 0.4) is 0 Å². The molecule has 20 heavy (non-hydrogen) atoms. The molecule has 0 heterocycles. The summed E-state index contributed by atoms with van der Waals surface area (Å²) in [5.41, 5.74) is 1.89. The average Bonchev–Trinajstić information content (AvgIpc) is 2.32. The number of alkyl halides is 2. The Morgan fingerprint density at radius 3 is 2.35 bits per heavy atom. The van der Waals surface area contributed by atoms with Crippen molar-refractivity contribution in [1.82, 2.24) is 0 Å². The summed E-state index contributed by atoms with van der Waals surface area (Å²) in [6, 6.07) is 5.33. The minimum atomic E-state index is -4.03. The van der Waals surface area contributed by atoms with E-state index in [9.17, 15) is 17.2 Å². The monoisotopic (exact) mass is 306 g/mol. The lowest BCUT2D eigenvalue weighted by atomic mass is 10.1. The second-order valence-corrected chi connectivity index (χ2v) is 6.21. The second-order valence-electron chi connectivity index (χ2n) is 4.45. The lowest BCUT2D eigenvalue weighted by Gasteiger charge is -2.22. The molecule has 0 unspecified atom stereocenters. The van der Waals surface area contributed by atoms with Gasteiger partial charge in [-0.15, -0.1) is 0 Å². The fraction of sp³-hybridized carbons (Fsp3) is 0.538. The first-order valence-electron chi connectivity index (χ1n) is 6.43. The van der Waals surface area contributed by atoms with Crippen molar-refractivity contribution in [3.8, 4) is 0 Å². The molecule has 0 aromatic heterocycles. The maximum atomic E-state index is 12.2. The summed E-state index contributed by atoms with van der Waals surface area (Å²) in [5, 5.41) is 0. The molecule has 0 aliphatic rings. The van der Waals surface area contributed by atoms with Crippen LogP contribution in [0.1, 0.15) is 19.4 Å².